The Hall–Kier alpha value is -1.88. The lowest BCUT2D eigenvalue weighted by molar-refractivity contribution is 0.398. The summed E-state index contributed by atoms with van der Waals surface area (Å²) in [6, 6.07) is 5.92. The molecule has 2 aromatic rings. The first-order chi connectivity index (χ1) is 9.71. The molecular weight excluding hydrogens is 252 g/mol. The van der Waals surface area contributed by atoms with Gasteiger partial charge in [-0.1, -0.05) is 13.8 Å². The lowest BCUT2D eigenvalue weighted by Gasteiger charge is -2.19. The van der Waals surface area contributed by atoms with Crippen molar-refractivity contribution in [2.24, 2.45) is 7.05 Å². The van der Waals surface area contributed by atoms with E-state index in [0.29, 0.717) is 0 Å². The number of hydrogen-bond acceptors (Lipinski definition) is 4. The largest absolute Gasteiger partial charge is 0.495 e. The number of aromatic nitrogens is 3. The zero-order valence-electron chi connectivity index (χ0n) is 12.6. The molecule has 1 atom stereocenters. The van der Waals surface area contributed by atoms with Crippen LogP contribution in [-0.4, -0.2) is 28.4 Å². The third kappa shape index (κ3) is 2.82. The lowest BCUT2D eigenvalue weighted by atomic mass is 10.1. The molecule has 1 N–H and O–H groups in total. The van der Waals surface area contributed by atoms with Gasteiger partial charge < -0.3 is 10.1 Å². The average molecular weight is 274 g/mol. The second-order valence-corrected chi connectivity index (χ2v) is 4.62. The molecule has 0 aliphatic carbocycles. The average Bonchev–Trinajstić information content (AvgIpc) is 2.86. The molecule has 5 nitrogen and oxygen atoms in total. The smallest absolute Gasteiger partial charge is 0.142 e. The summed E-state index contributed by atoms with van der Waals surface area (Å²) < 4.78 is 7.35. The zero-order valence-corrected chi connectivity index (χ0v) is 12.6. The fraction of sp³-hybridized carbons (Fsp3) is 0.467. The Balaban J connectivity index is 2.47. The first kappa shape index (κ1) is 14.5. The number of nitrogens with zero attached hydrogens (tertiary/aromatic N) is 3. The molecule has 0 spiro atoms. The highest BCUT2D eigenvalue weighted by atomic mass is 16.5. The molecule has 1 unspecified atom stereocenters. The molecule has 0 aromatic carbocycles. The monoisotopic (exact) mass is 274 g/mol. The Morgan fingerprint density at radius 3 is 2.80 bits per heavy atom. The highest BCUT2D eigenvalue weighted by molar-refractivity contribution is 5.35. The van der Waals surface area contributed by atoms with Gasteiger partial charge in [0.15, 0.2) is 0 Å². The molecule has 0 saturated carbocycles. The van der Waals surface area contributed by atoms with Gasteiger partial charge in [-0.05, 0) is 31.2 Å². The van der Waals surface area contributed by atoms with Gasteiger partial charge in [-0.3, -0.25) is 9.67 Å². The molecule has 0 bridgehead atoms. The van der Waals surface area contributed by atoms with Crippen LogP contribution in [0.3, 0.4) is 0 Å². The third-order valence-corrected chi connectivity index (χ3v) is 3.33. The second-order valence-electron chi connectivity index (χ2n) is 4.62. The van der Waals surface area contributed by atoms with E-state index in [1.54, 1.807) is 13.3 Å². The van der Waals surface area contributed by atoms with Gasteiger partial charge in [0.05, 0.1) is 24.5 Å². The Labute approximate surface area is 120 Å². The van der Waals surface area contributed by atoms with E-state index in [1.165, 1.54) is 0 Å². The molecule has 0 radical (unpaired) electrons. The van der Waals surface area contributed by atoms with Crippen molar-refractivity contribution in [1.29, 1.82) is 0 Å². The van der Waals surface area contributed by atoms with E-state index in [4.69, 9.17) is 4.74 Å². The van der Waals surface area contributed by atoms with E-state index in [1.807, 2.05) is 23.9 Å². The van der Waals surface area contributed by atoms with Crippen LogP contribution in [0.5, 0.6) is 5.75 Å². The highest BCUT2D eigenvalue weighted by Gasteiger charge is 2.22. The summed E-state index contributed by atoms with van der Waals surface area (Å²) in [4.78, 5) is 4.49. The predicted molar refractivity (Wildman–Crippen MR) is 78.9 cm³/mol. The van der Waals surface area contributed by atoms with Crippen molar-refractivity contribution in [2.75, 3.05) is 13.7 Å². The maximum absolute atomic E-state index is 5.43. The van der Waals surface area contributed by atoms with Gasteiger partial charge in [0.2, 0.25) is 0 Å². The predicted octanol–water partition coefficient (Wildman–Crippen LogP) is 2.08. The maximum Gasteiger partial charge on any atom is 0.142 e. The molecular formula is C15H22N4O. The molecule has 0 aliphatic rings. The Bertz CT molecular complexity index is 565. The number of methoxy groups -OCH3 is 1. The minimum atomic E-state index is -0.0195. The first-order valence-corrected chi connectivity index (χ1v) is 6.96. The van der Waals surface area contributed by atoms with Crippen LogP contribution in [0.15, 0.2) is 24.4 Å². The molecule has 0 fully saturated rings. The molecule has 0 aliphatic heterocycles. The van der Waals surface area contributed by atoms with Crippen LogP contribution in [0.4, 0.5) is 0 Å². The quantitative estimate of drug-likeness (QED) is 0.876. The van der Waals surface area contributed by atoms with Crippen LogP contribution in [-0.2, 0) is 13.5 Å². The van der Waals surface area contributed by atoms with Gasteiger partial charge in [-0.25, -0.2) is 0 Å². The number of pyridine rings is 1. The van der Waals surface area contributed by atoms with Crippen molar-refractivity contribution >= 4 is 0 Å². The number of aryl methyl sites for hydroxylation is 2. The van der Waals surface area contributed by atoms with Crippen molar-refractivity contribution in [3.05, 3.63) is 41.5 Å². The van der Waals surface area contributed by atoms with E-state index in [9.17, 15) is 0 Å². The van der Waals surface area contributed by atoms with Crippen molar-refractivity contribution in [3.8, 4) is 5.75 Å². The van der Waals surface area contributed by atoms with E-state index >= 15 is 0 Å². The summed E-state index contributed by atoms with van der Waals surface area (Å²) in [5.74, 6) is 0.790. The summed E-state index contributed by atoms with van der Waals surface area (Å²) in [5.41, 5.74) is 3.07. The molecule has 0 saturated heterocycles. The van der Waals surface area contributed by atoms with Crippen molar-refractivity contribution in [2.45, 2.75) is 26.3 Å². The maximum atomic E-state index is 5.43. The zero-order chi connectivity index (χ0) is 14.5. The Morgan fingerprint density at radius 2 is 2.20 bits per heavy atom. The van der Waals surface area contributed by atoms with E-state index in [-0.39, 0.29) is 6.04 Å². The molecule has 2 rings (SSSR count). The molecule has 108 valence electrons. The summed E-state index contributed by atoms with van der Waals surface area (Å²) >= 11 is 0. The van der Waals surface area contributed by atoms with E-state index in [0.717, 1.165) is 35.8 Å². The summed E-state index contributed by atoms with van der Waals surface area (Å²) in [6.07, 6.45) is 2.71. The van der Waals surface area contributed by atoms with Crippen molar-refractivity contribution < 1.29 is 4.74 Å². The summed E-state index contributed by atoms with van der Waals surface area (Å²) in [7, 11) is 3.64. The Morgan fingerprint density at radius 1 is 1.40 bits per heavy atom. The molecule has 20 heavy (non-hydrogen) atoms. The standard InChI is InChI=1S/C15H22N4O/c1-5-11-10-12(19(3)18-11)14(16-6-2)15-13(20-4)8-7-9-17-15/h7-10,14,16H,5-6H2,1-4H3. The first-order valence-electron chi connectivity index (χ1n) is 6.96. The van der Waals surface area contributed by atoms with Crippen LogP contribution in [0.25, 0.3) is 0 Å². The summed E-state index contributed by atoms with van der Waals surface area (Å²) in [6.45, 7) is 5.03. The number of nitrogens with one attached hydrogen (secondary N) is 1. The van der Waals surface area contributed by atoms with Crippen LogP contribution in [0, 0.1) is 0 Å². The van der Waals surface area contributed by atoms with E-state index < -0.39 is 0 Å². The van der Waals surface area contributed by atoms with Crippen LogP contribution >= 0.6 is 0 Å². The van der Waals surface area contributed by atoms with Crippen molar-refractivity contribution in [3.63, 3.8) is 0 Å². The number of rotatable bonds is 6. The van der Waals surface area contributed by atoms with Gasteiger partial charge in [0, 0.05) is 13.2 Å². The van der Waals surface area contributed by atoms with Gasteiger partial charge in [-0.2, -0.15) is 5.10 Å². The van der Waals surface area contributed by atoms with Crippen LogP contribution in [0.1, 0.15) is 37.0 Å². The van der Waals surface area contributed by atoms with Gasteiger partial charge in [0.25, 0.3) is 0 Å². The molecule has 5 heteroatoms. The Kier molecular flexibility index (Phi) is 4.74. The summed E-state index contributed by atoms with van der Waals surface area (Å²) in [5, 5.41) is 7.99. The van der Waals surface area contributed by atoms with Gasteiger partial charge >= 0.3 is 0 Å². The SMILES string of the molecule is CCNC(c1ncccc1OC)c1cc(CC)nn1C. The van der Waals surface area contributed by atoms with Crippen LogP contribution < -0.4 is 10.1 Å². The molecule has 2 heterocycles. The minimum absolute atomic E-state index is 0.0195. The van der Waals surface area contributed by atoms with Gasteiger partial charge in [0.1, 0.15) is 11.4 Å². The minimum Gasteiger partial charge on any atom is -0.495 e. The second kappa shape index (κ2) is 6.52. The third-order valence-electron chi connectivity index (χ3n) is 3.33. The highest BCUT2D eigenvalue weighted by Crippen LogP contribution is 2.28. The number of ether oxygens (including phenoxy) is 1. The van der Waals surface area contributed by atoms with Gasteiger partial charge in [-0.15, -0.1) is 0 Å². The van der Waals surface area contributed by atoms with Crippen LogP contribution in [0.2, 0.25) is 0 Å². The molecule has 2 aromatic heterocycles. The van der Waals surface area contributed by atoms with E-state index in [2.05, 4.69) is 35.3 Å². The van der Waals surface area contributed by atoms with Crippen molar-refractivity contribution in [1.82, 2.24) is 20.1 Å². The lowest BCUT2D eigenvalue weighted by Crippen LogP contribution is -2.25. The molecule has 0 amide bonds. The number of hydrogen-bond donors (Lipinski definition) is 1. The normalized spacial score (nSPS) is 12.4. The topological polar surface area (TPSA) is 52.0 Å². The fourth-order valence-corrected chi connectivity index (χ4v) is 2.32. The fourth-order valence-electron chi connectivity index (χ4n) is 2.32.